The van der Waals surface area contributed by atoms with Gasteiger partial charge in [-0.2, -0.15) is 5.10 Å². The number of halogens is 2. The number of hydrogen-bond acceptors (Lipinski definition) is 8. The van der Waals surface area contributed by atoms with Gasteiger partial charge in [0.25, 0.3) is 5.91 Å². The summed E-state index contributed by atoms with van der Waals surface area (Å²) >= 11 is 0. The molecule has 0 spiro atoms. The zero-order chi connectivity index (χ0) is 37.4. The van der Waals surface area contributed by atoms with E-state index in [1.807, 2.05) is 17.0 Å². The van der Waals surface area contributed by atoms with Crippen molar-refractivity contribution in [3.63, 3.8) is 0 Å². The third-order valence-corrected chi connectivity index (χ3v) is 11.2. The highest BCUT2D eigenvalue weighted by Gasteiger charge is 2.31. The van der Waals surface area contributed by atoms with Crippen molar-refractivity contribution in [2.75, 3.05) is 42.9 Å². The van der Waals surface area contributed by atoms with Gasteiger partial charge in [-0.25, -0.2) is 18.3 Å². The molecule has 3 aliphatic heterocycles. The van der Waals surface area contributed by atoms with E-state index in [-0.39, 0.29) is 29.8 Å². The SMILES string of the molecule is O=C1CC[C@@H](Nc2ccc(C3CCN(CCCCCCCCNC(=O)c4cnn5ccc(N6CCC[C@@H]6c6cc(F)ccc6F)nc45)CC3)cc2)C(=O)N1. The molecule has 2 aromatic heterocycles. The number of fused-ring (bicyclic) bond motifs is 1. The number of imide groups is 1. The normalized spacial score (nSPS) is 19.7. The van der Waals surface area contributed by atoms with Crippen molar-refractivity contribution in [3.8, 4) is 0 Å². The number of likely N-dealkylation sites (tertiary alicyclic amines) is 1. The molecule has 0 bridgehead atoms. The van der Waals surface area contributed by atoms with Crippen molar-refractivity contribution in [2.45, 2.75) is 95.1 Å². The van der Waals surface area contributed by atoms with Gasteiger partial charge in [0.05, 0.1) is 12.2 Å². The zero-order valence-corrected chi connectivity index (χ0v) is 30.7. The van der Waals surface area contributed by atoms with Crippen LogP contribution in [0.3, 0.4) is 0 Å². The van der Waals surface area contributed by atoms with Crippen LogP contribution in [0.5, 0.6) is 0 Å². The first-order valence-electron chi connectivity index (χ1n) is 19.6. The minimum Gasteiger partial charge on any atom is -0.374 e. The number of aromatic nitrogens is 3. The lowest BCUT2D eigenvalue weighted by Crippen LogP contribution is -2.47. The molecule has 7 rings (SSSR count). The molecule has 54 heavy (non-hydrogen) atoms. The number of amides is 3. The van der Waals surface area contributed by atoms with Gasteiger partial charge in [0.2, 0.25) is 11.8 Å². The third-order valence-electron chi connectivity index (χ3n) is 11.2. The lowest BCUT2D eigenvalue weighted by Gasteiger charge is -2.32. The Hall–Kier alpha value is -4.91. The average molecular weight is 741 g/mol. The van der Waals surface area contributed by atoms with Crippen LogP contribution in [0.2, 0.25) is 0 Å². The molecule has 11 nitrogen and oxygen atoms in total. The van der Waals surface area contributed by atoms with E-state index in [2.05, 4.69) is 38.1 Å². The van der Waals surface area contributed by atoms with Crippen LogP contribution >= 0.6 is 0 Å². The van der Waals surface area contributed by atoms with E-state index in [0.717, 1.165) is 69.9 Å². The van der Waals surface area contributed by atoms with Crippen LogP contribution in [0.25, 0.3) is 5.65 Å². The molecule has 0 radical (unpaired) electrons. The monoisotopic (exact) mass is 740 g/mol. The molecule has 0 saturated carbocycles. The van der Waals surface area contributed by atoms with Crippen LogP contribution in [-0.4, -0.2) is 76.0 Å². The number of carbonyl (C=O) groups is 3. The minimum atomic E-state index is -0.468. The van der Waals surface area contributed by atoms with Crippen molar-refractivity contribution in [2.24, 2.45) is 0 Å². The number of piperidine rings is 2. The highest BCUT2D eigenvalue weighted by Crippen LogP contribution is 2.37. The number of anilines is 2. The molecule has 3 fully saturated rings. The molecule has 3 amide bonds. The molecule has 13 heteroatoms. The van der Waals surface area contributed by atoms with Gasteiger partial charge in [0.15, 0.2) is 5.65 Å². The summed E-state index contributed by atoms with van der Waals surface area (Å²) in [5.74, 6) is -0.413. The van der Waals surface area contributed by atoms with E-state index >= 15 is 0 Å². The summed E-state index contributed by atoms with van der Waals surface area (Å²) in [5, 5.41) is 13.0. The number of benzene rings is 2. The third kappa shape index (κ3) is 9.06. The largest absolute Gasteiger partial charge is 0.374 e. The number of nitrogens with zero attached hydrogens (tertiary/aromatic N) is 5. The van der Waals surface area contributed by atoms with Crippen molar-refractivity contribution in [3.05, 3.63) is 89.2 Å². The minimum absolute atomic E-state index is 0.203. The summed E-state index contributed by atoms with van der Waals surface area (Å²) in [5.41, 5.74) is 3.41. The summed E-state index contributed by atoms with van der Waals surface area (Å²) in [6.07, 6.45) is 14.6. The molecule has 286 valence electrons. The topological polar surface area (TPSA) is 124 Å². The first kappa shape index (κ1) is 37.4. The second-order valence-electron chi connectivity index (χ2n) is 14.9. The van der Waals surface area contributed by atoms with Crippen LogP contribution in [0.4, 0.5) is 20.3 Å². The van der Waals surface area contributed by atoms with Gasteiger partial charge in [-0.1, -0.05) is 37.8 Å². The first-order chi connectivity index (χ1) is 26.3. The fraction of sp³-hybridized carbons (Fsp3) is 0.488. The molecule has 0 aliphatic carbocycles. The molecule has 3 saturated heterocycles. The summed E-state index contributed by atoms with van der Waals surface area (Å²) < 4.78 is 30.2. The quantitative estimate of drug-likeness (QED) is 0.0931. The fourth-order valence-corrected chi connectivity index (χ4v) is 8.15. The standard InChI is InChI=1S/C41H50F2N8O3/c42-30-11-14-34(43)32(26-30)36-8-7-22-50(36)37-19-25-51-39(47-37)33(27-45-51)40(53)44-20-5-3-1-2-4-6-21-49-23-17-29(18-24-49)28-9-12-31(13-10-28)46-35-15-16-38(52)48-41(35)54/h9-14,19,25-27,29,35-36,46H,1-8,15-18,20-24H2,(H,44,53)(H,48,52,54)/t35-,36-/m1/s1. The van der Waals surface area contributed by atoms with E-state index in [1.54, 1.807) is 16.8 Å². The van der Waals surface area contributed by atoms with Crippen molar-refractivity contribution < 1.29 is 23.2 Å². The lowest BCUT2D eigenvalue weighted by atomic mass is 9.89. The summed E-state index contributed by atoms with van der Waals surface area (Å²) in [6.45, 7) is 4.59. The van der Waals surface area contributed by atoms with Crippen LogP contribution in [-0.2, 0) is 9.59 Å². The molecule has 3 N–H and O–H groups in total. The predicted octanol–water partition coefficient (Wildman–Crippen LogP) is 6.52. The Morgan fingerprint density at radius 3 is 2.46 bits per heavy atom. The Labute approximate surface area is 314 Å². The van der Waals surface area contributed by atoms with E-state index in [9.17, 15) is 23.2 Å². The fourth-order valence-electron chi connectivity index (χ4n) is 8.15. The summed E-state index contributed by atoms with van der Waals surface area (Å²) in [6, 6.07) is 13.1. The Morgan fingerprint density at radius 2 is 1.67 bits per heavy atom. The predicted molar refractivity (Wildman–Crippen MR) is 203 cm³/mol. The van der Waals surface area contributed by atoms with Gasteiger partial charge in [-0.15, -0.1) is 0 Å². The lowest BCUT2D eigenvalue weighted by molar-refractivity contribution is -0.133. The van der Waals surface area contributed by atoms with Gasteiger partial charge < -0.3 is 20.4 Å². The molecule has 2 aromatic carbocycles. The molecule has 3 aliphatic rings. The molecule has 5 heterocycles. The average Bonchev–Trinajstić information content (AvgIpc) is 3.84. The zero-order valence-electron chi connectivity index (χ0n) is 30.7. The number of rotatable bonds is 15. The van der Waals surface area contributed by atoms with Crippen LogP contribution in [0, 0.1) is 11.6 Å². The highest BCUT2D eigenvalue weighted by molar-refractivity contribution is 6.01. The van der Waals surface area contributed by atoms with Gasteiger partial charge in [-0.05, 0) is 112 Å². The van der Waals surface area contributed by atoms with Gasteiger partial charge in [0, 0.05) is 37.0 Å². The van der Waals surface area contributed by atoms with E-state index in [4.69, 9.17) is 4.98 Å². The van der Waals surface area contributed by atoms with Crippen molar-refractivity contribution >= 4 is 34.9 Å². The molecular weight excluding hydrogens is 690 g/mol. The smallest absolute Gasteiger partial charge is 0.256 e. The van der Waals surface area contributed by atoms with E-state index in [1.165, 1.54) is 43.2 Å². The van der Waals surface area contributed by atoms with Gasteiger partial charge in [-0.3, -0.25) is 19.7 Å². The second kappa shape index (κ2) is 17.5. The summed E-state index contributed by atoms with van der Waals surface area (Å²) in [4.78, 5) is 45.9. The van der Waals surface area contributed by atoms with Crippen LogP contribution in [0.15, 0.2) is 60.9 Å². The maximum absolute atomic E-state index is 14.6. The maximum Gasteiger partial charge on any atom is 0.256 e. The van der Waals surface area contributed by atoms with Crippen LogP contribution in [0.1, 0.15) is 110 Å². The van der Waals surface area contributed by atoms with Crippen molar-refractivity contribution in [1.82, 2.24) is 30.1 Å². The molecule has 0 unspecified atom stereocenters. The maximum atomic E-state index is 14.6. The first-order valence-corrected chi connectivity index (χ1v) is 19.6. The Bertz CT molecular complexity index is 1930. The van der Waals surface area contributed by atoms with E-state index in [0.29, 0.717) is 60.9 Å². The molecular formula is C41H50F2N8O3. The Kier molecular flexibility index (Phi) is 12.1. The van der Waals surface area contributed by atoms with Gasteiger partial charge >= 0.3 is 0 Å². The summed E-state index contributed by atoms with van der Waals surface area (Å²) in [7, 11) is 0. The van der Waals surface area contributed by atoms with Crippen LogP contribution < -0.4 is 20.9 Å². The number of unbranched alkanes of at least 4 members (excludes halogenated alkanes) is 5. The highest BCUT2D eigenvalue weighted by atomic mass is 19.1. The van der Waals surface area contributed by atoms with E-state index < -0.39 is 11.6 Å². The number of carbonyl (C=O) groups excluding carboxylic acids is 3. The van der Waals surface area contributed by atoms with Gasteiger partial charge in [0.1, 0.15) is 29.1 Å². The van der Waals surface area contributed by atoms with Crippen molar-refractivity contribution in [1.29, 1.82) is 0 Å². The molecule has 2 atom stereocenters. The Morgan fingerprint density at radius 1 is 0.889 bits per heavy atom. The number of nitrogens with one attached hydrogen (secondary N) is 3. The molecule has 4 aromatic rings. The number of hydrogen-bond donors (Lipinski definition) is 3. The Balaban J connectivity index is 0.768. The second-order valence-corrected chi connectivity index (χ2v) is 14.9.